The highest BCUT2D eigenvalue weighted by Gasteiger charge is 2.15. The van der Waals surface area contributed by atoms with Gasteiger partial charge in [0.1, 0.15) is 57.3 Å². The van der Waals surface area contributed by atoms with Crippen LogP contribution in [0.2, 0.25) is 0 Å². The van der Waals surface area contributed by atoms with Crippen LogP contribution in [0.25, 0.3) is 33.6 Å². The van der Waals surface area contributed by atoms with E-state index in [0.717, 1.165) is 221 Å². The summed E-state index contributed by atoms with van der Waals surface area (Å²) < 4.78 is 5.25. The maximum Gasteiger partial charge on any atom is 0.128 e. The van der Waals surface area contributed by atoms with Gasteiger partial charge >= 0.3 is 0 Å². The van der Waals surface area contributed by atoms with Gasteiger partial charge in [-0.1, -0.05) is 153 Å². The molecule has 15 heterocycles. The third-order valence-corrected chi connectivity index (χ3v) is 27.1. The van der Waals surface area contributed by atoms with E-state index in [9.17, 15) is 0 Å². The van der Waals surface area contributed by atoms with E-state index in [1.165, 1.54) is 24.0 Å². The van der Waals surface area contributed by atoms with Crippen LogP contribution in [-0.2, 0) is 30.8 Å². The normalized spacial score (nSPS) is 10.8. The Morgan fingerprint density at radius 2 is 0.762 bits per heavy atom. The molecule has 4 aromatic carbocycles. The van der Waals surface area contributed by atoms with Crippen molar-refractivity contribution in [3.8, 4) is 123 Å². The van der Waals surface area contributed by atoms with Gasteiger partial charge in [0, 0.05) is 181 Å². The predicted octanol–water partition coefficient (Wildman–Crippen LogP) is 25.4. The highest BCUT2D eigenvalue weighted by Crippen LogP contribution is 2.27. The van der Waals surface area contributed by atoms with Crippen LogP contribution in [0.1, 0.15) is 201 Å². The van der Waals surface area contributed by atoms with Crippen LogP contribution in [0, 0.1) is 143 Å². The minimum absolute atomic E-state index is 0.0527. The Bertz CT molecular complexity index is 7800. The Labute approximate surface area is 890 Å². The number of anilines is 3. The number of aromatic nitrogens is 14. The number of pyridine rings is 7. The zero-order valence-corrected chi connectivity index (χ0v) is 89.5. The summed E-state index contributed by atoms with van der Waals surface area (Å²) in [5.74, 6) is 45.9. The SMILES string of the molecule is CCC(CC)Nc1ccc(C#Cc2csc(C)n2)cn1.CC[C@@H](C)Nc1ccc(C#Cc2csc(C)n2)cn1.COCc1ccccc1-c1ccc(C#Cc2csc(C)n2)cn1.Cc1nc(C#Cc2ccc(-c3cccc(C#N)c3)nc2)cs1.Cc1nc(C#Cc2ccc(N3CCCC3)nc2)cs1.Cc1nc(C#Cc2cncc(-c3ccc(CO)cc3)c2)cs1.Cc1nc(C#Cc2cncc(CCc3ccccc3)c2)cs1. The van der Waals surface area contributed by atoms with Crippen molar-refractivity contribution in [1.29, 1.82) is 5.26 Å². The van der Waals surface area contributed by atoms with Gasteiger partial charge in [-0.15, -0.1) is 79.4 Å². The van der Waals surface area contributed by atoms with Crippen molar-refractivity contribution in [2.75, 3.05) is 35.7 Å². The second-order valence-electron chi connectivity index (χ2n) is 33.1. The fourth-order valence-electron chi connectivity index (χ4n) is 13.8. The number of aryl methyl sites for hydroxylation is 9. The molecule has 19 rings (SSSR count). The lowest BCUT2D eigenvalue weighted by Gasteiger charge is -2.15. The topological polar surface area (TPSA) is 261 Å². The number of aliphatic hydroxyl groups is 1. The van der Waals surface area contributed by atoms with Gasteiger partial charge in [0.05, 0.1) is 71.3 Å². The van der Waals surface area contributed by atoms with Gasteiger partial charge in [0.25, 0.3) is 0 Å². The minimum atomic E-state index is 0.0527. The molecule has 0 aliphatic carbocycles. The first-order valence-electron chi connectivity index (χ1n) is 47.6. The molecule has 1 fully saturated rings. The third kappa shape index (κ3) is 37.0. The van der Waals surface area contributed by atoms with Crippen LogP contribution < -0.4 is 15.5 Å². The minimum Gasteiger partial charge on any atom is -0.392 e. The number of rotatable bonds is 17. The first-order valence-corrected chi connectivity index (χ1v) is 53.8. The lowest BCUT2D eigenvalue weighted by molar-refractivity contribution is 0.185. The molecule has 0 amide bonds. The summed E-state index contributed by atoms with van der Waals surface area (Å²) in [6.45, 7) is 25.3. The third-order valence-electron chi connectivity index (χ3n) is 21.7. The fraction of sp³-hybridized carbons (Fsp3) is 0.208. The average Bonchev–Trinajstić information content (AvgIpc) is 1.81. The molecule has 20 nitrogen and oxygen atoms in total. The summed E-state index contributed by atoms with van der Waals surface area (Å²) in [7, 11) is 1.70. The van der Waals surface area contributed by atoms with Gasteiger partial charge in [-0.3, -0.25) is 19.9 Å². The molecule has 0 radical (unpaired) electrons. The first-order chi connectivity index (χ1) is 71.7. The lowest BCUT2D eigenvalue weighted by Crippen LogP contribution is -2.18. The largest absolute Gasteiger partial charge is 0.392 e. The smallest absolute Gasteiger partial charge is 0.128 e. The molecule has 0 bridgehead atoms. The number of aliphatic hydroxyl groups excluding tert-OH is 1. The van der Waals surface area contributed by atoms with Crippen LogP contribution in [0.3, 0.4) is 0 Å². The number of hydrogen-bond donors (Lipinski definition) is 3. The number of nitriles is 1. The van der Waals surface area contributed by atoms with Crippen LogP contribution in [0.5, 0.6) is 0 Å². The molecule has 1 atom stereocenters. The summed E-state index contributed by atoms with van der Waals surface area (Å²) in [5.41, 5.74) is 23.0. The van der Waals surface area contributed by atoms with Crippen molar-refractivity contribution in [1.82, 2.24) is 69.8 Å². The molecule has 14 aromatic heterocycles. The van der Waals surface area contributed by atoms with Gasteiger partial charge in [-0.25, -0.2) is 49.8 Å². The molecule has 0 unspecified atom stereocenters. The second-order valence-corrected chi connectivity index (χ2v) is 40.6. The molecule has 27 heteroatoms. The summed E-state index contributed by atoms with van der Waals surface area (Å²) >= 11 is 11.3. The van der Waals surface area contributed by atoms with Gasteiger partial charge in [-0.05, 0) is 255 Å². The summed E-state index contributed by atoms with van der Waals surface area (Å²) in [5, 5.41) is 45.7. The van der Waals surface area contributed by atoms with Crippen LogP contribution in [-0.4, -0.2) is 107 Å². The molecule has 0 spiro atoms. The zero-order chi connectivity index (χ0) is 103. The Kier molecular flexibility index (Phi) is 42.8. The van der Waals surface area contributed by atoms with Crippen molar-refractivity contribution < 1.29 is 9.84 Å². The number of benzene rings is 4. The Hall–Kier alpha value is -15.9. The molecular formula is C120H108N18O2S7. The van der Waals surface area contributed by atoms with Gasteiger partial charge in [0.2, 0.25) is 0 Å². The molecule has 0 saturated carbocycles. The summed E-state index contributed by atoms with van der Waals surface area (Å²) in [6.07, 6.45) is 24.1. The average molecular weight is 2060 g/mol. The van der Waals surface area contributed by atoms with Crippen molar-refractivity contribution in [2.45, 2.75) is 146 Å². The second kappa shape index (κ2) is 58.1. The number of methoxy groups -OCH3 is 1. The molecule has 1 saturated heterocycles. The molecule has 18 aromatic rings. The number of hydrogen-bond acceptors (Lipinski definition) is 27. The fourth-order valence-corrected chi connectivity index (χ4v) is 17.6. The molecule has 3 N–H and O–H groups in total. The van der Waals surface area contributed by atoms with Gasteiger partial charge in [-0.2, -0.15) is 5.26 Å². The van der Waals surface area contributed by atoms with E-state index in [-0.39, 0.29) is 6.61 Å². The Balaban J connectivity index is 0.000000143. The van der Waals surface area contributed by atoms with E-state index in [1.807, 2.05) is 226 Å². The molecule has 147 heavy (non-hydrogen) atoms. The predicted molar refractivity (Wildman–Crippen MR) is 604 cm³/mol. The van der Waals surface area contributed by atoms with Crippen molar-refractivity contribution >= 4 is 96.8 Å². The summed E-state index contributed by atoms with van der Waals surface area (Å²) in [4.78, 5) is 63.3. The molecule has 1 aliphatic heterocycles. The van der Waals surface area contributed by atoms with Gasteiger partial charge in [0.15, 0.2) is 0 Å². The summed E-state index contributed by atoms with van der Waals surface area (Å²) in [6, 6.07) is 60.8. The van der Waals surface area contributed by atoms with E-state index >= 15 is 0 Å². The molecule has 732 valence electrons. The number of nitrogens with zero attached hydrogens (tertiary/aromatic N) is 16. The molecule has 1 aliphatic rings. The van der Waals surface area contributed by atoms with Crippen molar-refractivity contribution in [2.24, 2.45) is 0 Å². The van der Waals surface area contributed by atoms with Crippen LogP contribution >= 0.6 is 79.4 Å². The van der Waals surface area contributed by atoms with Crippen LogP contribution in [0.4, 0.5) is 17.5 Å². The lowest BCUT2D eigenvalue weighted by atomic mass is 10.0. The number of nitrogens with one attached hydrogen (secondary N) is 2. The Morgan fingerprint density at radius 3 is 1.17 bits per heavy atom. The highest BCUT2D eigenvalue weighted by molar-refractivity contribution is 7.11. The highest BCUT2D eigenvalue weighted by atomic mass is 32.1. The Morgan fingerprint density at radius 1 is 0.354 bits per heavy atom. The van der Waals surface area contributed by atoms with E-state index in [4.69, 9.17) is 15.1 Å². The van der Waals surface area contributed by atoms with Gasteiger partial charge < -0.3 is 25.4 Å². The maximum absolute atomic E-state index is 9.09. The van der Waals surface area contributed by atoms with Crippen LogP contribution in [0.15, 0.2) is 269 Å². The molecular weight excluding hydrogens is 1950 g/mol. The van der Waals surface area contributed by atoms with E-state index in [0.29, 0.717) is 24.3 Å². The van der Waals surface area contributed by atoms with Crippen molar-refractivity contribution in [3.05, 3.63) is 411 Å². The maximum atomic E-state index is 9.09. The number of ether oxygens (including phenoxy) is 1. The quantitative estimate of drug-likeness (QED) is 0.0716. The van der Waals surface area contributed by atoms with E-state index in [2.05, 4.69) is 250 Å². The first kappa shape index (κ1) is 108. The van der Waals surface area contributed by atoms with E-state index in [1.54, 1.807) is 130 Å². The zero-order valence-electron chi connectivity index (χ0n) is 83.8. The van der Waals surface area contributed by atoms with E-state index < -0.39 is 0 Å². The standard InChI is InChI=1S/C19H16N2OS.C19H16N2S.C18H11N3S.C18H14N2OS.C16H19N3S.C15H15N3S.C15H17N3S/c1-14-21-17(13-23-14)9-7-15-8-10-19(20-11-15)18-6-4-3-5-16(18)12-22-2;1-15-21-19(14-22-15)10-9-18-11-17(12-20-13-18)8-7-16-5-3-2-4-6-16;1-13-21-17(12-22-13)7-5-14-6-8-18(20-11-14)16-4-2-3-15(9-16)10-19;1-13-20-18(12-22-13)7-4-15-8-17(10-19-9-15)16-5-2-14(11-21)3-6-16;1-4-14(5-2)19-16-9-7-13(10-17-16)6-8-15-11-20-12(3)18-15;1-12-17-14(11-19-12)6-4-13-5-7-15(16-10-13)18-8-2-3-9-18;1-4-11(2)17-15-8-6-13(9-16-15)5-7-14-10-19-12(3)18-14/h3-6,8,10-11,13H,12H2,1-2H3;2-6,11-14H,7-8H2,1H3;2-4,6,8-9,11-12H,1H3;2-3,5-6,8-10,12,21H,11H2,1H3;7,9-11,14H,4-5H2,1-3H3,(H,17,19);5,7,10-11H,2-3,8-9H2,1H3;6,8-11H,4H2,1-3H3,(H,16,17)/t;;;;;;11-/m......1/s1. The number of thiazole rings is 7. The monoisotopic (exact) mass is 2060 g/mol. The van der Waals surface area contributed by atoms with Crippen molar-refractivity contribution in [3.63, 3.8) is 0 Å².